The van der Waals surface area contributed by atoms with Gasteiger partial charge < -0.3 is 29.2 Å². The zero-order chi connectivity index (χ0) is 14.1. The van der Waals surface area contributed by atoms with Crippen molar-refractivity contribution in [1.82, 2.24) is 0 Å². The van der Waals surface area contributed by atoms with Crippen LogP contribution in [0.1, 0.15) is 11.9 Å². The molecule has 0 aromatic heterocycles. The molecule has 6 heteroatoms. The van der Waals surface area contributed by atoms with Gasteiger partial charge in [0.15, 0.2) is 12.6 Å². The van der Waals surface area contributed by atoms with Crippen LogP contribution in [-0.4, -0.2) is 54.6 Å². The van der Waals surface area contributed by atoms with E-state index in [-0.39, 0.29) is 6.61 Å². The van der Waals surface area contributed by atoms with Gasteiger partial charge in [0, 0.05) is 12.7 Å². The summed E-state index contributed by atoms with van der Waals surface area (Å²) in [6.45, 7) is 0.272. The van der Waals surface area contributed by atoms with Gasteiger partial charge in [-0.05, 0) is 0 Å². The minimum absolute atomic E-state index is 0.272. The standard InChI is InChI=1S/C14H18O6/c1-17-14-11(16)10(15)12-9(19-14)7-18-13(20-12)8-5-3-2-4-6-8/h2-6,9-16H,7H2,1H3/t9?,10?,11?,12-,13?,14?/m1/s1. The first-order valence-electron chi connectivity index (χ1n) is 6.57. The number of benzene rings is 1. The summed E-state index contributed by atoms with van der Waals surface area (Å²) in [6, 6.07) is 9.45. The Morgan fingerprint density at radius 1 is 1.10 bits per heavy atom. The predicted molar refractivity (Wildman–Crippen MR) is 67.7 cm³/mol. The molecule has 2 saturated heterocycles. The van der Waals surface area contributed by atoms with E-state index in [2.05, 4.69) is 0 Å². The summed E-state index contributed by atoms with van der Waals surface area (Å²) >= 11 is 0. The van der Waals surface area contributed by atoms with Gasteiger partial charge in [0.2, 0.25) is 0 Å². The van der Waals surface area contributed by atoms with Gasteiger partial charge in [0.05, 0.1) is 6.61 Å². The molecule has 0 amide bonds. The lowest BCUT2D eigenvalue weighted by molar-refractivity contribution is -0.358. The van der Waals surface area contributed by atoms with E-state index < -0.39 is 37.0 Å². The minimum Gasteiger partial charge on any atom is -0.387 e. The maximum atomic E-state index is 10.1. The van der Waals surface area contributed by atoms with Gasteiger partial charge in [-0.2, -0.15) is 0 Å². The molecular formula is C14H18O6. The van der Waals surface area contributed by atoms with Crippen LogP contribution < -0.4 is 0 Å². The van der Waals surface area contributed by atoms with Gasteiger partial charge in [-0.1, -0.05) is 30.3 Å². The Balaban J connectivity index is 1.74. The number of hydrogen-bond donors (Lipinski definition) is 2. The van der Waals surface area contributed by atoms with Crippen molar-refractivity contribution in [2.24, 2.45) is 0 Å². The van der Waals surface area contributed by atoms with Crippen molar-refractivity contribution in [2.75, 3.05) is 13.7 Å². The fourth-order valence-electron chi connectivity index (χ4n) is 2.55. The van der Waals surface area contributed by atoms with Crippen molar-refractivity contribution in [2.45, 2.75) is 37.0 Å². The molecule has 3 rings (SSSR count). The monoisotopic (exact) mass is 282 g/mol. The summed E-state index contributed by atoms with van der Waals surface area (Å²) in [6.07, 6.45) is -4.76. The summed E-state index contributed by atoms with van der Waals surface area (Å²) in [5.41, 5.74) is 0.863. The van der Waals surface area contributed by atoms with Crippen LogP contribution >= 0.6 is 0 Å². The fraction of sp³-hybridized carbons (Fsp3) is 0.571. The first kappa shape index (κ1) is 13.9. The average Bonchev–Trinajstić information content (AvgIpc) is 2.51. The molecular weight excluding hydrogens is 264 g/mol. The first-order chi connectivity index (χ1) is 9.70. The molecule has 110 valence electrons. The largest absolute Gasteiger partial charge is 0.387 e. The Labute approximate surface area is 116 Å². The van der Waals surface area contributed by atoms with E-state index in [1.807, 2.05) is 30.3 Å². The number of hydrogen-bond acceptors (Lipinski definition) is 6. The summed E-state index contributed by atoms with van der Waals surface area (Å²) in [5, 5.41) is 20.1. The van der Waals surface area contributed by atoms with Crippen LogP contribution in [0.4, 0.5) is 0 Å². The molecule has 0 saturated carbocycles. The van der Waals surface area contributed by atoms with Gasteiger partial charge in [-0.3, -0.25) is 0 Å². The molecule has 1 aromatic rings. The molecule has 2 aliphatic heterocycles. The number of aliphatic hydroxyl groups is 2. The van der Waals surface area contributed by atoms with Gasteiger partial charge in [-0.25, -0.2) is 0 Å². The second kappa shape index (κ2) is 5.77. The SMILES string of the molecule is COC1OC2COC(c3ccccc3)O[C@H]2C(O)C1O. The maximum absolute atomic E-state index is 10.1. The Morgan fingerprint density at radius 3 is 2.55 bits per heavy atom. The molecule has 0 bridgehead atoms. The van der Waals surface area contributed by atoms with Crippen LogP contribution in [0.5, 0.6) is 0 Å². The number of fused-ring (bicyclic) bond motifs is 1. The highest BCUT2D eigenvalue weighted by atomic mass is 16.7. The highest BCUT2D eigenvalue weighted by Crippen LogP contribution is 2.33. The number of aliphatic hydroxyl groups excluding tert-OH is 2. The van der Waals surface area contributed by atoms with Crippen molar-refractivity contribution in [3.63, 3.8) is 0 Å². The smallest absolute Gasteiger partial charge is 0.186 e. The van der Waals surface area contributed by atoms with Crippen molar-refractivity contribution >= 4 is 0 Å². The Bertz CT molecular complexity index is 437. The van der Waals surface area contributed by atoms with Gasteiger partial charge in [0.1, 0.15) is 24.4 Å². The molecule has 2 N–H and O–H groups in total. The van der Waals surface area contributed by atoms with Crippen LogP contribution in [0.15, 0.2) is 30.3 Å². The highest BCUT2D eigenvalue weighted by Gasteiger charge is 2.48. The molecule has 6 nitrogen and oxygen atoms in total. The molecule has 20 heavy (non-hydrogen) atoms. The minimum atomic E-state index is -1.14. The fourth-order valence-corrected chi connectivity index (χ4v) is 2.55. The van der Waals surface area contributed by atoms with E-state index in [1.54, 1.807) is 0 Å². The van der Waals surface area contributed by atoms with E-state index in [9.17, 15) is 10.2 Å². The first-order valence-corrected chi connectivity index (χ1v) is 6.57. The van der Waals surface area contributed by atoms with E-state index in [1.165, 1.54) is 7.11 Å². The lowest BCUT2D eigenvalue weighted by Crippen LogP contribution is -2.62. The normalized spacial score (nSPS) is 41.1. The molecule has 1 aromatic carbocycles. The van der Waals surface area contributed by atoms with Crippen molar-refractivity contribution in [1.29, 1.82) is 0 Å². The van der Waals surface area contributed by atoms with E-state index in [0.29, 0.717) is 0 Å². The zero-order valence-corrected chi connectivity index (χ0v) is 11.1. The molecule has 6 atom stereocenters. The summed E-state index contributed by atoms with van der Waals surface area (Å²) in [7, 11) is 1.41. The number of ether oxygens (including phenoxy) is 4. The van der Waals surface area contributed by atoms with Crippen LogP contribution in [0.3, 0.4) is 0 Å². The summed E-state index contributed by atoms with van der Waals surface area (Å²) in [5.74, 6) is 0. The molecule has 5 unspecified atom stereocenters. The third-order valence-corrected chi connectivity index (χ3v) is 3.64. The highest BCUT2D eigenvalue weighted by molar-refractivity contribution is 5.16. The van der Waals surface area contributed by atoms with E-state index in [4.69, 9.17) is 18.9 Å². The molecule has 0 radical (unpaired) electrons. The van der Waals surface area contributed by atoms with E-state index >= 15 is 0 Å². The zero-order valence-electron chi connectivity index (χ0n) is 11.1. The summed E-state index contributed by atoms with van der Waals surface area (Å²) < 4.78 is 21.9. The second-order valence-electron chi connectivity index (χ2n) is 4.94. The number of methoxy groups -OCH3 is 1. The lowest BCUT2D eigenvalue weighted by Gasteiger charge is -2.45. The van der Waals surface area contributed by atoms with Crippen LogP contribution in [0.25, 0.3) is 0 Å². The Kier molecular flexibility index (Phi) is 4.02. The third kappa shape index (κ3) is 2.46. The van der Waals surface area contributed by atoms with Gasteiger partial charge >= 0.3 is 0 Å². The van der Waals surface area contributed by atoms with Crippen LogP contribution in [-0.2, 0) is 18.9 Å². The Morgan fingerprint density at radius 2 is 1.85 bits per heavy atom. The second-order valence-corrected chi connectivity index (χ2v) is 4.94. The van der Waals surface area contributed by atoms with Crippen LogP contribution in [0.2, 0.25) is 0 Å². The third-order valence-electron chi connectivity index (χ3n) is 3.64. The molecule has 0 spiro atoms. The van der Waals surface area contributed by atoms with Crippen LogP contribution in [0, 0.1) is 0 Å². The maximum Gasteiger partial charge on any atom is 0.186 e. The molecule has 0 aliphatic carbocycles. The predicted octanol–water partition coefficient (Wildman–Crippen LogP) is 0.194. The quantitative estimate of drug-likeness (QED) is 0.806. The average molecular weight is 282 g/mol. The lowest BCUT2D eigenvalue weighted by atomic mass is 9.98. The van der Waals surface area contributed by atoms with Crippen molar-refractivity contribution in [3.8, 4) is 0 Å². The van der Waals surface area contributed by atoms with Crippen molar-refractivity contribution in [3.05, 3.63) is 35.9 Å². The Hall–Kier alpha value is -1.02. The van der Waals surface area contributed by atoms with Crippen molar-refractivity contribution < 1.29 is 29.2 Å². The van der Waals surface area contributed by atoms with Gasteiger partial charge in [0.25, 0.3) is 0 Å². The van der Waals surface area contributed by atoms with E-state index in [0.717, 1.165) is 5.56 Å². The molecule has 2 fully saturated rings. The summed E-state index contributed by atoms with van der Waals surface area (Å²) in [4.78, 5) is 0. The topological polar surface area (TPSA) is 77.4 Å². The number of rotatable bonds is 2. The molecule has 2 heterocycles. The molecule has 2 aliphatic rings. The van der Waals surface area contributed by atoms with Gasteiger partial charge in [-0.15, -0.1) is 0 Å².